The molecule has 0 aromatic rings. The van der Waals surface area contributed by atoms with Gasteiger partial charge in [-0.15, -0.1) is 0 Å². The Kier molecular flexibility index (Phi) is 4.48. The molecule has 0 unspecified atom stereocenters. The highest BCUT2D eigenvalue weighted by Crippen LogP contribution is 2.10. The van der Waals surface area contributed by atoms with E-state index in [4.69, 9.17) is 14.6 Å². The fourth-order valence-electron chi connectivity index (χ4n) is 0.563. The van der Waals surface area contributed by atoms with E-state index in [1.54, 1.807) is 20.8 Å². The Morgan fingerprint density at radius 1 is 1.46 bits per heavy atom. The Hall–Kier alpha value is -1.03. The standard InChI is InChI=1S/C9H16O4/c1-7(12-6-5-10)8(11)13-9(2,3)4/h10H,1,5-6H2,2-4H3. The smallest absolute Gasteiger partial charge is 0.373 e. The van der Waals surface area contributed by atoms with Crippen LogP contribution >= 0.6 is 0 Å². The molecule has 0 atom stereocenters. The van der Waals surface area contributed by atoms with Crippen LogP contribution in [0.5, 0.6) is 0 Å². The summed E-state index contributed by atoms with van der Waals surface area (Å²) in [6.07, 6.45) is 0. The van der Waals surface area contributed by atoms with Crippen molar-refractivity contribution in [1.29, 1.82) is 0 Å². The van der Waals surface area contributed by atoms with Crippen LogP contribution in [0.15, 0.2) is 12.3 Å². The number of rotatable bonds is 4. The molecule has 4 nitrogen and oxygen atoms in total. The maximum absolute atomic E-state index is 11.1. The van der Waals surface area contributed by atoms with Crippen molar-refractivity contribution in [3.63, 3.8) is 0 Å². The molecule has 0 radical (unpaired) electrons. The summed E-state index contributed by atoms with van der Waals surface area (Å²) in [5.41, 5.74) is -0.553. The molecule has 1 N–H and O–H groups in total. The van der Waals surface area contributed by atoms with Gasteiger partial charge in [-0.05, 0) is 27.4 Å². The van der Waals surface area contributed by atoms with Crippen molar-refractivity contribution in [2.24, 2.45) is 0 Å². The van der Waals surface area contributed by atoms with Crippen LogP contribution in [-0.4, -0.2) is 29.9 Å². The molecule has 0 aliphatic carbocycles. The molecular weight excluding hydrogens is 172 g/mol. The fraction of sp³-hybridized carbons (Fsp3) is 0.667. The second-order valence-corrected chi connectivity index (χ2v) is 3.50. The number of hydrogen-bond donors (Lipinski definition) is 1. The maximum atomic E-state index is 11.1. The molecule has 0 rings (SSSR count). The summed E-state index contributed by atoms with van der Waals surface area (Å²) < 4.78 is 9.73. The Morgan fingerprint density at radius 3 is 2.38 bits per heavy atom. The van der Waals surface area contributed by atoms with Crippen molar-refractivity contribution < 1.29 is 19.4 Å². The van der Waals surface area contributed by atoms with Crippen molar-refractivity contribution in [2.75, 3.05) is 13.2 Å². The number of carbonyl (C=O) groups excluding carboxylic acids is 1. The third-order valence-electron chi connectivity index (χ3n) is 0.994. The quantitative estimate of drug-likeness (QED) is 0.403. The normalized spacial score (nSPS) is 10.8. The summed E-state index contributed by atoms with van der Waals surface area (Å²) in [6, 6.07) is 0. The molecular formula is C9H16O4. The zero-order valence-electron chi connectivity index (χ0n) is 8.29. The van der Waals surface area contributed by atoms with Crippen LogP contribution in [0, 0.1) is 0 Å². The first-order valence-corrected chi connectivity index (χ1v) is 4.02. The molecule has 0 amide bonds. The third kappa shape index (κ3) is 6.16. The van der Waals surface area contributed by atoms with Crippen LogP contribution in [0.3, 0.4) is 0 Å². The van der Waals surface area contributed by atoms with E-state index < -0.39 is 11.6 Å². The minimum absolute atomic E-state index is 0.0536. The molecule has 0 aliphatic heterocycles. The Morgan fingerprint density at radius 2 is 2.00 bits per heavy atom. The van der Waals surface area contributed by atoms with Crippen LogP contribution in [-0.2, 0) is 14.3 Å². The number of esters is 1. The van der Waals surface area contributed by atoms with Crippen molar-refractivity contribution in [1.82, 2.24) is 0 Å². The SMILES string of the molecule is C=C(OCCO)C(=O)OC(C)(C)C. The molecule has 76 valence electrons. The summed E-state index contributed by atoms with van der Waals surface area (Å²) in [6.45, 7) is 8.53. The molecule has 0 saturated heterocycles. The van der Waals surface area contributed by atoms with Gasteiger partial charge in [0.15, 0.2) is 5.76 Å². The number of carbonyl (C=O) groups is 1. The minimum Gasteiger partial charge on any atom is -0.485 e. The summed E-state index contributed by atoms with van der Waals surface area (Å²) in [5, 5.41) is 8.41. The summed E-state index contributed by atoms with van der Waals surface area (Å²) in [4.78, 5) is 11.1. The van der Waals surface area contributed by atoms with E-state index >= 15 is 0 Å². The van der Waals surface area contributed by atoms with Crippen molar-refractivity contribution >= 4 is 5.97 Å². The van der Waals surface area contributed by atoms with E-state index in [1.807, 2.05) is 0 Å². The van der Waals surface area contributed by atoms with E-state index in [0.717, 1.165) is 0 Å². The van der Waals surface area contributed by atoms with Crippen LogP contribution in [0.1, 0.15) is 20.8 Å². The van der Waals surface area contributed by atoms with Gasteiger partial charge in [0.25, 0.3) is 0 Å². The number of aliphatic hydroxyl groups excluding tert-OH is 1. The van der Waals surface area contributed by atoms with Gasteiger partial charge < -0.3 is 14.6 Å². The number of hydrogen-bond acceptors (Lipinski definition) is 4. The van der Waals surface area contributed by atoms with Crippen LogP contribution in [0.25, 0.3) is 0 Å². The predicted octanol–water partition coefficient (Wildman–Crippen LogP) is 0.851. The van der Waals surface area contributed by atoms with Gasteiger partial charge in [-0.2, -0.15) is 0 Å². The second kappa shape index (κ2) is 4.87. The molecule has 13 heavy (non-hydrogen) atoms. The molecule has 0 saturated carbocycles. The van der Waals surface area contributed by atoms with Crippen molar-refractivity contribution in [3.05, 3.63) is 12.3 Å². The van der Waals surface area contributed by atoms with Gasteiger partial charge in [-0.25, -0.2) is 4.79 Å². The first-order valence-electron chi connectivity index (χ1n) is 4.02. The highest BCUT2D eigenvalue weighted by Gasteiger charge is 2.19. The highest BCUT2D eigenvalue weighted by atomic mass is 16.6. The Labute approximate surface area is 78.2 Å². The Bertz CT molecular complexity index is 190. The summed E-state index contributed by atoms with van der Waals surface area (Å²) in [5.74, 6) is -0.676. The topological polar surface area (TPSA) is 55.8 Å². The summed E-state index contributed by atoms with van der Waals surface area (Å²) in [7, 11) is 0. The first-order chi connectivity index (χ1) is 5.87. The fourth-order valence-corrected chi connectivity index (χ4v) is 0.563. The molecule has 4 heteroatoms. The van der Waals surface area contributed by atoms with Gasteiger partial charge in [-0.1, -0.05) is 0 Å². The molecule has 0 heterocycles. The van der Waals surface area contributed by atoms with E-state index in [-0.39, 0.29) is 19.0 Å². The zero-order valence-corrected chi connectivity index (χ0v) is 8.29. The summed E-state index contributed by atoms with van der Waals surface area (Å²) >= 11 is 0. The van der Waals surface area contributed by atoms with E-state index in [2.05, 4.69) is 6.58 Å². The lowest BCUT2D eigenvalue weighted by molar-refractivity contribution is -0.154. The zero-order chi connectivity index (χ0) is 10.5. The lowest BCUT2D eigenvalue weighted by Gasteiger charge is -2.19. The monoisotopic (exact) mass is 188 g/mol. The maximum Gasteiger partial charge on any atom is 0.373 e. The van der Waals surface area contributed by atoms with E-state index in [9.17, 15) is 4.79 Å². The predicted molar refractivity (Wildman–Crippen MR) is 48.0 cm³/mol. The van der Waals surface area contributed by atoms with Gasteiger partial charge >= 0.3 is 5.97 Å². The number of ether oxygens (including phenoxy) is 2. The average Bonchev–Trinajstić information content (AvgIpc) is 1.96. The minimum atomic E-state index is -0.596. The van der Waals surface area contributed by atoms with Crippen LogP contribution in [0.2, 0.25) is 0 Å². The van der Waals surface area contributed by atoms with Gasteiger partial charge in [-0.3, -0.25) is 0 Å². The second-order valence-electron chi connectivity index (χ2n) is 3.50. The molecule has 0 fully saturated rings. The highest BCUT2D eigenvalue weighted by molar-refractivity contribution is 5.85. The average molecular weight is 188 g/mol. The lowest BCUT2D eigenvalue weighted by Crippen LogP contribution is -2.25. The van der Waals surface area contributed by atoms with Crippen LogP contribution in [0.4, 0.5) is 0 Å². The van der Waals surface area contributed by atoms with Crippen molar-refractivity contribution in [2.45, 2.75) is 26.4 Å². The van der Waals surface area contributed by atoms with Gasteiger partial charge in [0, 0.05) is 0 Å². The molecule has 0 aliphatic rings. The number of aliphatic hydroxyl groups is 1. The van der Waals surface area contributed by atoms with Gasteiger partial charge in [0.2, 0.25) is 0 Å². The van der Waals surface area contributed by atoms with Crippen molar-refractivity contribution in [3.8, 4) is 0 Å². The van der Waals surface area contributed by atoms with E-state index in [0.29, 0.717) is 0 Å². The third-order valence-corrected chi connectivity index (χ3v) is 0.994. The lowest BCUT2D eigenvalue weighted by atomic mass is 10.2. The van der Waals surface area contributed by atoms with E-state index in [1.165, 1.54) is 0 Å². The molecule has 0 aromatic heterocycles. The Balaban J connectivity index is 3.91. The largest absolute Gasteiger partial charge is 0.485 e. The van der Waals surface area contributed by atoms with Crippen LogP contribution < -0.4 is 0 Å². The molecule has 0 bridgehead atoms. The molecule has 0 aromatic carbocycles. The first kappa shape index (κ1) is 12.0. The van der Waals surface area contributed by atoms with Gasteiger partial charge in [0.05, 0.1) is 6.61 Å². The molecule has 0 spiro atoms. The van der Waals surface area contributed by atoms with Gasteiger partial charge in [0.1, 0.15) is 12.2 Å².